The normalized spacial score (nSPS) is 19.0. The molecule has 1 aromatic carbocycles. The van der Waals surface area contributed by atoms with Gasteiger partial charge in [-0.3, -0.25) is 4.79 Å². The van der Waals surface area contributed by atoms with Crippen LogP contribution in [0.3, 0.4) is 0 Å². The van der Waals surface area contributed by atoms with Crippen molar-refractivity contribution in [2.45, 2.75) is 89.2 Å². The van der Waals surface area contributed by atoms with Crippen LogP contribution in [0.1, 0.15) is 87.8 Å². The van der Waals surface area contributed by atoms with E-state index in [1.165, 1.54) is 25.7 Å². The van der Waals surface area contributed by atoms with Crippen molar-refractivity contribution >= 4 is 27.9 Å². The molecule has 2 aliphatic rings. The second kappa shape index (κ2) is 15.0. The van der Waals surface area contributed by atoms with Gasteiger partial charge in [0.1, 0.15) is 16.6 Å². The molecule has 1 aromatic heterocycles. The van der Waals surface area contributed by atoms with E-state index in [9.17, 15) is 9.00 Å². The summed E-state index contributed by atoms with van der Waals surface area (Å²) in [6.45, 7) is 15.7. The summed E-state index contributed by atoms with van der Waals surface area (Å²) < 4.78 is 33.0. The summed E-state index contributed by atoms with van der Waals surface area (Å²) in [7, 11) is -1.30. The third-order valence-corrected chi connectivity index (χ3v) is 9.02. The first-order chi connectivity index (χ1) is 18.4. The highest BCUT2D eigenvalue weighted by molar-refractivity contribution is 7.82. The van der Waals surface area contributed by atoms with Gasteiger partial charge >= 0.3 is 0 Å². The van der Waals surface area contributed by atoms with Crippen LogP contribution in [0.5, 0.6) is 0 Å². The molecule has 212 valence electrons. The monoisotopic (exact) mass is 546 g/mol. The average molecular weight is 547 g/mol. The summed E-state index contributed by atoms with van der Waals surface area (Å²) in [5, 5.41) is 3.86. The number of fused-ring (bicyclic) bond motifs is 1. The molecule has 1 amide bonds. The van der Waals surface area contributed by atoms with Crippen LogP contribution in [0.15, 0.2) is 40.7 Å². The maximum atomic E-state index is 13.4. The SMILES string of the molecule is C=C.CCCCCC(C)CCCNC(=O)c1oc2ccc(S(=O)N3CCCC4(CC3)OCCO4)cc2c1C. The van der Waals surface area contributed by atoms with Gasteiger partial charge in [-0.1, -0.05) is 39.5 Å². The lowest BCUT2D eigenvalue weighted by Crippen LogP contribution is -2.32. The van der Waals surface area contributed by atoms with Gasteiger partial charge in [0.15, 0.2) is 11.5 Å². The first-order valence-electron chi connectivity index (χ1n) is 14.2. The smallest absolute Gasteiger partial charge is 0.287 e. The standard InChI is InChI=1S/C28H42N2O5S.C2H4/c1-4-5-6-9-21(2)10-7-15-29-27(31)26-22(3)24-20-23(11-12-25(24)35-26)36(32)30-16-8-13-28(14-17-30)33-18-19-34-28;1-2/h11-12,20-21H,4-10,13-19H2,1-3H3,(H,29,31);1-2H2. The minimum atomic E-state index is -1.30. The first kappa shape index (κ1) is 30.5. The Morgan fingerprint density at radius 1 is 1.13 bits per heavy atom. The third-order valence-electron chi connectivity index (χ3n) is 7.53. The Morgan fingerprint density at radius 2 is 1.87 bits per heavy atom. The maximum Gasteiger partial charge on any atom is 0.287 e. The quantitative estimate of drug-likeness (QED) is 0.256. The number of benzene rings is 1. The van der Waals surface area contributed by atoms with Crippen molar-refractivity contribution in [3.05, 3.63) is 42.7 Å². The van der Waals surface area contributed by atoms with Gasteiger partial charge < -0.3 is 19.2 Å². The van der Waals surface area contributed by atoms with Crippen LogP contribution >= 0.6 is 0 Å². The van der Waals surface area contributed by atoms with Gasteiger partial charge in [-0.15, -0.1) is 13.2 Å². The Kier molecular flexibility index (Phi) is 12.0. The Bertz CT molecular complexity index is 1060. The van der Waals surface area contributed by atoms with Crippen LogP contribution in [0, 0.1) is 12.8 Å². The van der Waals surface area contributed by atoms with Crippen LogP contribution in [-0.2, 0) is 20.5 Å². The predicted octanol–water partition coefficient (Wildman–Crippen LogP) is 6.52. The Balaban J connectivity index is 0.00000195. The van der Waals surface area contributed by atoms with Gasteiger partial charge in [-0.25, -0.2) is 8.51 Å². The third kappa shape index (κ3) is 7.78. The van der Waals surface area contributed by atoms with E-state index in [4.69, 9.17) is 13.9 Å². The van der Waals surface area contributed by atoms with E-state index in [1.807, 2.05) is 29.4 Å². The largest absolute Gasteiger partial charge is 0.451 e. The van der Waals surface area contributed by atoms with E-state index in [2.05, 4.69) is 32.3 Å². The number of rotatable bonds is 11. The molecule has 8 heteroatoms. The van der Waals surface area contributed by atoms with Crippen LogP contribution in [0.25, 0.3) is 11.0 Å². The maximum absolute atomic E-state index is 13.4. The summed E-state index contributed by atoms with van der Waals surface area (Å²) in [6, 6.07) is 5.57. The summed E-state index contributed by atoms with van der Waals surface area (Å²) in [6.07, 6.45) is 9.60. The van der Waals surface area contributed by atoms with Gasteiger partial charge in [-0.2, -0.15) is 0 Å². The number of amides is 1. The number of hydrogen-bond acceptors (Lipinski definition) is 5. The van der Waals surface area contributed by atoms with Gasteiger partial charge in [0.2, 0.25) is 0 Å². The minimum Gasteiger partial charge on any atom is -0.451 e. The number of unbranched alkanes of at least 4 members (excludes halogenated alkanes) is 2. The van der Waals surface area contributed by atoms with E-state index in [0.717, 1.165) is 48.1 Å². The van der Waals surface area contributed by atoms with Crippen molar-refractivity contribution < 1.29 is 22.9 Å². The Hall–Kier alpha value is -2.00. The van der Waals surface area contributed by atoms with Gasteiger partial charge in [0.25, 0.3) is 5.91 Å². The lowest BCUT2D eigenvalue weighted by atomic mass is 9.98. The van der Waals surface area contributed by atoms with Crippen molar-refractivity contribution in [1.29, 1.82) is 0 Å². The molecule has 2 saturated heterocycles. The van der Waals surface area contributed by atoms with Crippen molar-refractivity contribution in [2.24, 2.45) is 5.92 Å². The number of hydrogen-bond donors (Lipinski definition) is 1. The fourth-order valence-corrected chi connectivity index (χ4v) is 6.56. The highest BCUT2D eigenvalue weighted by atomic mass is 32.2. The Morgan fingerprint density at radius 3 is 2.61 bits per heavy atom. The molecule has 0 bridgehead atoms. The second-order valence-electron chi connectivity index (χ2n) is 10.4. The van der Waals surface area contributed by atoms with E-state index in [1.54, 1.807) is 0 Å². The summed E-state index contributed by atoms with van der Waals surface area (Å²) in [4.78, 5) is 13.5. The van der Waals surface area contributed by atoms with Gasteiger partial charge in [0, 0.05) is 43.4 Å². The number of aryl methyl sites for hydroxylation is 1. The molecule has 2 aliphatic heterocycles. The number of furan rings is 1. The highest BCUT2D eigenvalue weighted by Crippen LogP contribution is 2.33. The van der Waals surface area contributed by atoms with E-state index in [-0.39, 0.29) is 5.91 Å². The van der Waals surface area contributed by atoms with Crippen molar-refractivity contribution in [2.75, 3.05) is 32.8 Å². The minimum absolute atomic E-state index is 0.181. The fraction of sp³-hybridized carbons (Fsp3) is 0.633. The summed E-state index contributed by atoms with van der Waals surface area (Å²) >= 11 is 0. The zero-order valence-electron chi connectivity index (χ0n) is 23.5. The molecule has 2 aromatic rings. The van der Waals surface area contributed by atoms with Crippen LogP contribution < -0.4 is 5.32 Å². The zero-order chi connectivity index (χ0) is 27.5. The molecular weight excluding hydrogens is 500 g/mol. The lowest BCUT2D eigenvalue weighted by Gasteiger charge is -2.25. The Labute approximate surface area is 230 Å². The van der Waals surface area contributed by atoms with Crippen molar-refractivity contribution in [3.63, 3.8) is 0 Å². The van der Waals surface area contributed by atoms with Crippen molar-refractivity contribution in [3.8, 4) is 0 Å². The molecule has 0 radical (unpaired) electrons. The van der Waals surface area contributed by atoms with Crippen LogP contribution in [-0.4, -0.2) is 53.1 Å². The summed E-state index contributed by atoms with van der Waals surface area (Å²) in [5.74, 6) is 0.351. The number of carbonyl (C=O) groups is 1. The van der Waals surface area contributed by atoms with Gasteiger partial charge in [0.05, 0.1) is 18.1 Å². The average Bonchev–Trinajstić information content (AvgIpc) is 3.46. The number of nitrogens with one attached hydrogen (secondary N) is 1. The summed E-state index contributed by atoms with van der Waals surface area (Å²) in [5.41, 5.74) is 1.43. The van der Waals surface area contributed by atoms with Crippen LogP contribution in [0.2, 0.25) is 0 Å². The van der Waals surface area contributed by atoms with E-state index in [0.29, 0.717) is 50.0 Å². The zero-order valence-corrected chi connectivity index (χ0v) is 24.3. The molecule has 0 saturated carbocycles. The fourth-order valence-electron chi connectivity index (χ4n) is 5.30. The molecular formula is C30H46N2O5S. The molecule has 1 N–H and O–H groups in total. The molecule has 0 aliphatic carbocycles. The first-order valence-corrected chi connectivity index (χ1v) is 15.3. The molecule has 2 atom stereocenters. The molecule has 1 spiro atoms. The molecule has 3 heterocycles. The molecule has 7 nitrogen and oxygen atoms in total. The van der Waals surface area contributed by atoms with Crippen LogP contribution in [0.4, 0.5) is 0 Å². The van der Waals surface area contributed by atoms with E-state index < -0.39 is 16.8 Å². The molecule has 2 unspecified atom stereocenters. The van der Waals surface area contributed by atoms with Crippen molar-refractivity contribution in [1.82, 2.24) is 9.62 Å². The number of nitrogens with zero attached hydrogens (tertiary/aromatic N) is 1. The molecule has 4 rings (SSSR count). The predicted molar refractivity (Wildman–Crippen MR) is 154 cm³/mol. The topological polar surface area (TPSA) is 81.0 Å². The second-order valence-corrected chi connectivity index (χ2v) is 11.8. The lowest BCUT2D eigenvalue weighted by molar-refractivity contribution is -0.163. The van der Waals surface area contributed by atoms with Gasteiger partial charge in [-0.05, 0) is 50.3 Å². The number of ether oxygens (including phenoxy) is 2. The molecule has 2 fully saturated rings. The number of carbonyl (C=O) groups excluding carboxylic acids is 1. The molecule has 38 heavy (non-hydrogen) atoms. The van der Waals surface area contributed by atoms with E-state index >= 15 is 0 Å². The highest BCUT2D eigenvalue weighted by Gasteiger charge is 2.39.